The number of benzene rings is 2. The van der Waals surface area contributed by atoms with Crippen LogP contribution in [0.5, 0.6) is 5.75 Å². The minimum absolute atomic E-state index is 0.153. The SMILES string of the molecule is COc1cccc(CN2CCC(C(=O)NCCSCc3ccccc3)CC2)c1. The van der Waals surface area contributed by atoms with E-state index >= 15 is 0 Å². The Bertz CT molecular complexity index is 730. The summed E-state index contributed by atoms with van der Waals surface area (Å²) in [5, 5.41) is 3.12. The minimum atomic E-state index is 0.153. The Morgan fingerprint density at radius 3 is 2.61 bits per heavy atom. The monoisotopic (exact) mass is 398 g/mol. The number of piperidine rings is 1. The topological polar surface area (TPSA) is 41.6 Å². The van der Waals surface area contributed by atoms with Crippen molar-refractivity contribution in [1.29, 1.82) is 0 Å². The molecule has 0 unspecified atom stereocenters. The van der Waals surface area contributed by atoms with Crippen LogP contribution >= 0.6 is 11.8 Å². The third kappa shape index (κ3) is 6.57. The van der Waals surface area contributed by atoms with Crippen LogP contribution in [0, 0.1) is 5.92 Å². The molecule has 0 saturated carbocycles. The number of ether oxygens (including phenoxy) is 1. The van der Waals surface area contributed by atoms with Crippen LogP contribution < -0.4 is 10.1 Å². The highest BCUT2D eigenvalue weighted by atomic mass is 32.2. The quantitative estimate of drug-likeness (QED) is 0.649. The average Bonchev–Trinajstić information content (AvgIpc) is 2.75. The smallest absolute Gasteiger partial charge is 0.223 e. The lowest BCUT2D eigenvalue weighted by molar-refractivity contribution is -0.126. The number of methoxy groups -OCH3 is 1. The normalized spacial score (nSPS) is 15.3. The summed E-state index contributed by atoms with van der Waals surface area (Å²) in [6.07, 6.45) is 1.87. The van der Waals surface area contributed by atoms with Crippen LogP contribution in [0.2, 0.25) is 0 Å². The minimum Gasteiger partial charge on any atom is -0.497 e. The summed E-state index contributed by atoms with van der Waals surface area (Å²) in [7, 11) is 1.70. The maximum Gasteiger partial charge on any atom is 0.223 e. The molecular weight excluding hydrogens is 368 g/mol. The summed E-state index contributed by atoms with van der Waals surface area (Å²) in [5.41, 5.74) is 2.60. The molecule has 2 aromatic carbocycles. The van der Waals surface area contributed by atoms with Crippen molar-refractivity contribution in [2.45, 2.75) is 25.1 Å². The molecule has 28 heavy (non-hydrogen) atoms. The van der Waals surface area contributed by atoms with Gasteiger partial charge in [0.25, 0.3) is 0 Å². The largest absolute Gasteiger partial charge is 0.497 e. The van der Waals surface area contributed by atoms with Gasteiger partial charge in [0.15, 0.2) is 0 Å². The lowest BCUT2D eigenvalue weighted by atomic mass is 9.95. The number of hydrogen-bond donors (Lipinski definition) is 1. The Hall–Kier alpha value is -1.98. The molecule has 1 saturated heterocycles. The number of carbonyl (C=O) groups excluding carboxylic acids is 1. The van der Waals surface area contributed by atoms with E-state index in [1.807, 2.05) is 30.0 Å². The van der Waals surface area contributed by atoms with Gasteiger partial charge >= 0.3 is 0 Å². The third-order valence-corrected chi connectivity index (χ3v) is 6.19. The zero-order valence-corrected chi connectivity index (χ0v) is 17.4. The van der Waals surface area contributed by atoms with Gasteiger partial charge in [-0.25, -0.2) is 0 Å². The molecule has 4 nitrogen and oxygen atoms in total. The van der Waals surface area contributed by atoms with Crippen molar-refractivity contribution >= 4 is 17.7 Å². The van der Waals surface area contributed by atoms with Crippen molar-refractivity contribution in [3.05, 3.63) is 65.7 Å². The van der Waals surface area contributed by atoms with Gasteiger partial charge in [-0.2, -0.15) is 11.8 Å². The van der Waals surface area contributed by atoms with Crippen LogP contribution in [0.25, 0.3) is 0 Å². The molecule has 3 rings (SSSR count). The van der Waals surface area contributed by atoms with E-state index in [2.05, 4.69) is 46.6 Å². The molecule has 1 aliphatic heterocycles. The lowest BCUT2D eigenvalue weighted by Crippen LogP contribution is -2.40. The molecule has 0 bridgehead atoms. The number of hydrogen-bond acceptors (Lipinski definition) is 4. The van der Waals surface area contributed by atoms with E-state index in [1.165, 1.54) is 11.1 Å². The summed E-state index contributed by atoms with van der Waals surface area (Å²) in [5.74, 6) is 3.23. The average molecular weight is 399 g/mol. The summed E-state index contributed by atoms with van der Waals surface area (Å²) in [6, 6.07) is 18.7. The highest BCUT2D eigenvalue weighted by Crippen LogP contribution is 2.21. The Kier molecular flexibility index (Phi) is 8.24. The highest BCUT2D eigenvalue weighted by Gasteiger charge is 2.24. The Morgan fingerprint density at radius 1 is 1.11 bits per heavy atom. The molecule has 5 heteroatoms. The first-order chi connectivity index (χ1) is 13.7. The summed E-state index contributed by atoms with van der Waals surface area (Å²) < 4.78 is 5.30. The van der Waals surface area contributed by atoms with Crippen molar-refractivity contribution in [2.75, 3.05) is 32.5 Å². The maximum atomic E-state index is 12.4. The number of likely N-dealkylation sites (tertiary alicyclic amines) is 1. The van der Waals surface area contributed by atoms with E-state index in [0.717, 1.165) is 56.3 Å². The van der Waals surface area contributed by atoms with Gasteiger partial charge in [0, 0.05) is 30.5 Å². The Morgan fingerprint density at radius 2 is 1.86 bits per heavy atom. The van der Waals surface area contributed by atoms with Crippen molar-refractivity contribution < 1.29 is 9.53 Å². The molecule has 0 radical (unpaired) electrons. The summed E-state index contributed by atoms with van der Waals surface area (Å²) >= 11 is 1.87. The van der Waals surface area contributed by atoms with E-state index in [9.17, 15) is 4.79 Å². The second-order valence-corrected chi connectivity index (χ2v) is 8.34. The number of nitrogens with one attached hydrogen (secondary N) is 1. The Labute approximate surface area is 172 Å². The second-order valence-electron chi connectivity index (χ2n) is 7.23. The highest BCUT2D eigenvalue weighted by molar-refractivity contribution is 7.98. The van der Waals surface area contributed by atoms with Gasteiger partial charge in [0.05, 0.1) is 7.11 Å². The van der Waals surface area contributed by atoms with E-state index in [4.69, 9.17) is 4.74 Å². The van der Waals surface area contributed by atoms with Gasteiger partial charge in [0.2, 0.25) is 5.91 Å². The molecule has 1 fully saturated rings. The van der Waals surface area contributed by atoms with E-state index in [1.54, 1.807) is 7.11 Å². The molecule has 1 heterocycles. The van der Waals surface area contributed by atoms with Crippen LogP contribution in [0.4, 0.5) is 0 Å². The van der Waals surface area contributed by atoms with Gasteiger partial charge < -0.3 is 10.1 Å². The van der Waals surface area contributed by atoms with Crippen molar-refractivity contribution in [3.8, 4) is 5.75 Å². The molecular formula is C23H30N2O2S. The number of rotatable bonds is 9. The number of amides is 1. The summed E-state index contributed by atoms with van der Waals surface area (Å²) in [6.45, 7) is 3.61. The first kappa shape index (κ1) is 20.7. The second kappa shape index (κ2) is 11.1. The van der Waals surface area contributed by atoms with Gasteiger partial charge in [-0.05, 0) is 49.2 Å². The zero-order chi connectivity index (χ0) is 19.6. The molecule has 0 atom stereocenters. The van der Waals surface area contributed by atoms with Crippen molar-refractivity contribution in [2.24, 2.45) is 5.92 Å². The number of carbonyl (C=O) groups is 1. The molecule has 150 valence electrons. The first-order valence-electron chi connectivity index (χ1n) is 9.99. The molecule has 1 aliphatic rings. The van der Waals surface area contributed by atoms with Gasteiger partial charge in [0.1, 0.15) is 5.75 Å². The fourth-order valence-corrected chi connectivity index (χ4v) is 4.36. The molecule has 0 spiro atoms. The molecule has 0 aromatic heterocycles. The van der Waals surface area contributed by atoms with E-state index in [0.29, 0.717) is 0 Å². The number of thioether (sulfide) groups is 1. The molecule has 2 aromatic rings. The van der Waals surface area contributed by atoms with Gasteiger partial charge in [-0.1, -0.05) is 42.5 Å². The van der Waals surface area contributed by atoms with Crippen LogP contribution in [0.15, 0.2) is 54.6 Å². The fraction of sp³-hybridized carbons (Fsp3) is 0.435. The molecule has 1 amide bonds. The first-order valence-corrected chi connectivity index (χ1v) is 11.1. The fourth-order valence-electron chi connectivity index (χ4n) is 3.54. The zero-order valence-electron chi connectivity index (χ0n) is 16.6. The van der Waals surface area contributed by atoms with E-state index in [-0.39, 0.29) is 11.8 Å². The number of nitrogens with zero attached hydrogens (tertiary/aromatic N) is 1. The standard InChI is InChI=1S/C23H30N2O2S/c1-27-22-9-5-8-20(16-22)17-25-13-10-21(11-14-25)23(26)24-12-15-28-18-19-6-3-2-4-7-19/h2-9,16,21H,10-15,17-18H2,1H3,(H,24,26). The molecule has 0 aliphatic carbocycles. The van der Waals surface area contributed by atoms with Gasteiger partial charge in [-0.15, -0.1) is 0 Å². The van der Waals surface area contributed by atoms with Crippen LogP contribution in [-0.4, -0.2) is 43.3 Å². The van der Waals surface area contributed by atoms with Crippen LogP contribution in [0.1, 0.15) is 24.0 Å². The third-order valence-electron chi connectivity index (χ3n) is 5.16. The predicted octanol–water partition coefficient (Wildman–Crippen LogP) is 3.96. The maximum absolute atomic E-state index is 12.4. The van der Waals surface area contributed by atoms with E-state index < -0.39 is 0 Å². The molecule has 1 N–H and O–H groups in total. The lowest BCUT2D eigenvalue weighted by Gasteiger charge is -2.31. The van der Waals surface area contributed by atoms with Gasteiger partial charge in [-0.3, -0.25) is 9.69 Å². The van der Waals surface area contributed by atoms with Crippen LogP contribution in [0.3, 0.4) is 0 Å². The van der Waals surface area contributed by atoms with Crippen molar-refractivity contribution in [3.63, 3.8) is 0 Å². The summed E-state index contributed by atoms with van der Waals surface area (Å²) in [4.78, 5) is 14.8. The predicted molar refractivity (Wildman–Crippen MR) is 117 cm³/mol. The van der Waals surface area contributed by atoms with Crippen molar-refractivity contribution in [1.82, 2.24) is 10.2 Å². The van der Waals surface area contributed by atoms with Crippen LogP contribution in [-0.2, 0) is 17.1 Å². The Balaban J connectivity index is 1.31.